The smallest absolute Gasteiger partial charge is 0.290 e. The van der Waals surface area contributed by atoms with Gasteiger partial charge in [-0.3, -0.25) is 4.79 Å². The van der Waals surface area contributed by atoms with Crippen LogP contribution in [0.4, 0.5) is 0 Å². The van der Waals surface area contributed by atoms with Crippen LogP contribution in [0.3, 0.4) is 0 Å². The summed E-state index contributed by atoms with van der Waals surface area (Å²) in [6.07, 6.45) is 3.98. The maximum Gasteiger partial charge on any atom is 0.290 e. The Bertz CT molecular complexity index is 637. The fourth-order valence-corrected chi connectivity index (χ4v) is 3.00. The van der Waals surface area contributed by atoms with E-state index in [1.165, 1.54) is 11.8 Å². The molecule has 0 aliphatic heterocycles. The van der Waals surface area contributed by atoms with Crippen molar-refractivity contribution in [2.45, 2.75) is 30.8 Å². The van der Waals surface area contributed by atoms with Crippen LogP contribution < -0.4 is 5.32 Å². The topological polar surface area (TPSA) is 98.7 Å². The van der Waals surface area contributed by atoms with E-state index in [4.69, 9.17) is 4.52 Å². The molecule has 0 atom stereocenters. The SMILES string of the molecule is Cn1nnnc1SCCNC(=O)c1onc2c1CCCC2. The van der Waals surface area contributed by atoms with Crippen molar-refractivity contribution in [3.8, 4) is 0 Å². The number of thioether (sulfide) groups is 1. The van der Waals surface area contributed by atoms with Crippen molar-refractivity contribution >= 4 is 17.7 Å². The van der Waals surface area contributed by atoms with Crippen LogP contribution in [0, 0.1) is 0 Å². The Morgan fingerprint density at radius 2 is 2.29 bits per heavy atom. The summed E-state index contributed by atoms with van der Waals surface area (Å²) >= 11 is 1.49. The molecule has 1 amide bonds. The molecule has 0 bridgehead atoms. The van der Waals surface area contributed by atoms with Crippen LogP contribution in [0.5, 0.6) is 0 Å². The summed E-state index contributed by atoms with van der Waals surface area (Å²) in [5, 5.41) is 18.7. The van der Waals surface area contributed by atoms with Gasteiger partial charge in [0.2, 0.25) is 10.9 Å². The van der Waals surface area contributed by atoms with Gasteiger partial charge in [0.25, 0.3) is 5.91 Å². The van der Waals surface area contributed by atoms with Gasteiger partial charge in [-0.15, -0.1) is 5.10 Å². The van der Waals surface area contributed by atoms with E-state index in [1.807, 2.05) is 0 Å². The lowest BCUT2D eigenvalue weighted by atomic mass is 9.96. The van der Waals surface area contributed by atoms with Gasteiger partial charge in [0.1, 0.15) is 0 Å². The summed E-state index contributed by atoms with van der Waals surface area (Å²) in [7, 11) is 1.78. The Hall–Kier alpha value is -1.90. The van der Waals surface area contributed by atoms with Crippen molar-refractivity contribution in [1.82, 2.24) is 30.7 Å². The zero-order valence-electron chi connectivity index (χ0n) is 11.7. The van der Waals surface area contributed by atoms with Crippen LogP contribution in [-0.2, 0) is 19.9 Å². The van der Waals surface area contributed by atoms with E-state index < -0.39 is 0 Å². The summed E-state index contributed by atoms with van der Waals surface area (Å²) in [5.74, 6) is 0.869. The van der Waals surface area contributed by atoms with Gasteiger partial charge in [0.05, 0.1) is 5.69 Å². The molecule has 0 aromatic carbocycles. The lowest BCUT2D eigenvalue weighted by Crippen LogP contribution is -2.26. The molecule has 0 fully saturated rings. The van der Waals surface area contributed by atoms with E-state index in [2.05, 4.69) is 26.0 Å². The van der Waals surface area contributed by atoms with Crippen LogP contribution in [0.15, 0.2) is 9.68 Å². The molecule has 1 N–H and O–H groups in total. The van der Waals surface area contributed by atoms with E-state index in [0.717, 1.165) is 42.1 Å². The third kappa shape index (κ3) is 3.07. The fourth-order valence-electron chi connectivity index (χ4n) is 2.30. The first-order valence-corrected chi connectivity index (χ1v) is 7.85. The molecule has 3 rings (SSSR count). The first-order valence-electron chi connectivity index (χ1n) is 6.86. The first kappa shape index (κ1) is 14.1. The number of fused-ring (bicyclic) bond motifs is 1. The summed E-state index contributed by atoms with van der Waals surface area (Å²) < 4.78 is 6.79. The number of aryl methyl sites for hydroxylation is 2. The number of hydrogen-bond acceptors (Lipinski definition) is 7. The Morgan fingerprint density at radius 3 is 3.10 bits per heavy atom. The van der Waals surface area contributed by atoms with E-state index in [-0.39, 0.29) is 5.91 Å². The molecule has 21 heavy (non-hydrogen) atoms. The second kappa shape index (κ2) is 6.25. The maximum absolute atomic E-state index is 12.1. The third-order valence-corrected chi connectivity index (χ3v) is 4.38. The van der Waals surface area contributed by atoms with Crippen molar-refractivity contribution in [2.24, 2.45) is 7.05 Å². The second-order valence-corrected chi connectivity index (χ2v) is 5.90. The van der Waals surface area contributed by atoms with Crippen LogP contribution in [-0.4, -0.2) is 43.6 Å². The van der Waals surface area contributed by atoms with Gasteiger partial charge < -0.3 is 9.84 Å². The number of carbonyl (C=O) groups excluding carboxylic acids is 1. The number of nitrogens with zero attached hydrogens (tertiary/aromatic N) is 5. The van der Waals surface area contributed by atoms with Crippen molar-refractivity contribution in [3.63, 3.8) is 0 Å². The maximum atomic E-state index is 12.1. The van der Waals surface area contributed by atoms with Crippen LogP contribution in [0.2, 0.25) is 0 Å². The minimum atomic E-state index is -0.192. The van der Waals surface area contributed by atoms with Gasteiger partial charge in [0.15, 0.2) is 0 Å². The molecule has 0 radical (unpaired) electrons. The minimum absolute atomic E-state index is 0.192. The van der Waals surface area contributed by atoms with E-state index >= 15 is 0 Å². The monoisotopic (exact) mass is 308 g/mol. The van der Waals surface area contributed by atoms with Crippen molar-refractivity contribution in [3.05, 3.63) is 17.0 Å². The van der Waals surface area contributed by atoms with E-state index in [9.17, 15) is 4.79 Å². The zero-order valence-corrected chi connectivity index (χ0v) is 12.5. The molecule has 0 spiro atoms. The molecule has 2 heterocycles. The van der Waals surface area contributed by atoms with Gasteiger partial charge in [-0.1, -0.05) is 16.9 Å². The Kier molecular flexibility index (Phi) is 4.18. The third-order valence-electron chi connectivity index (χ3n) is 3.37. The standard InChI is InChI=1S/C12H16N6O2S/c1-18-12(14-16-17-18)21-7-6-13-11(19)10-8-4-2-3-5-9(8)15-20-10/h2-7H2,1H3,(H,13,19). The van der Waals surface area contributed by atoms with Crippen LogP contribution in [0.1, 0.15) is 34.7 Å². The summed E-state index contributed by atoms with van der Waals surface area (Å²) in [6.45, 7) is 0.520. The predicted octanol–water partition coefficient (Wildman–Crippen LogP) is 0.599. The summed E-state index contributed by atoms with van der Waals surface area (Å²) in [4.78, 5) is 12.1. The molecule has 2 aromatic heterocycles. The molecule has 0 saturated carbocycles. The summed E-state index contributed by atoms with van der Waals surface area (Å²) in [5.41, 5.74) is 1.91. The quantitative estimate of drug-likeness (QED) is 0.638. The zero-order chi connectivity index (χ0) is 14.7. The number of tetrazole rings is 1. The Morgan fingerprint density at radius 1 is 1.43 bits per heavy atom. The van der Waals surface area contributed by atoms with Gasteiger partial charge >= 0.3 is 0 Å². The normalized spacial score (nSPS) is 14.0. The van der Waals surface area contributed by atoms with Crippen molar-refractivity contribution in [1.29, 1.82) is 0 Å². The van der Waals surface area contributed by atoms with Gasteiger partial charge in [-0.25, -0.2) is 4.68 Å². The van der Waals surface area contributed by atoms with E-state index in [1.54, 1.807) is 11.7 Å². The Balaban J connectivity index is 1.50. The largest absolute Gasteiger partial charge is 0.350 e. The highest BCUT2D eigenvalue weighted by Crippen LogP contribution is 2.23. The number of hydrogen-bond donors (Lipinski definition) is 1. The number of rotatable bonds is 5. The number of aromatic nitrogens is 5. The highest BCUT2D eigenvalue weighted by molar-refractivity contribution is 7.99. The molecular formula is C12H16N6O2S. The average Bonchev–Trinajstić information content (AvgIpc) is 3.10. The molecule has 9 heteroatoms. The average molecular weight is 308 g/mol. The van der Waals surface area contributed by atoms with Crippen LogP contribution in [0.25, 0.3) is 0 Å². The van der Waals surface area contributed by atoms with Crippen LogP contribution >= 0.6 is 11.8 Å². The number of carbonyl (C=O) groups is 1. The lowest BCUT2D eigenvalue weighted by Gasteiger charge is -2.09. The first-order chi connectivity index (χ1) is 10.3. The fraction of sp³-hybridized carbons (Fsp3) is 0.583. The van der Waals surface area contributed by atoms with Gasteiger partial charge in [-0.2, -0.15) is 0 Å². The molecule has 0 unspecified atom stereocenters. The second-order valence-electron chi connectivity index (χ2n) is 4.83. The lowest BCUT2D eigenvalue weighted by molar-refractivity contribution is 0.0918. The minimum Gasteiger partial charge on any atom is -0.350 e. The van der Waals surface area contributed by atoms with Gasteiger partial charge in [0, 0.05) is 24.9 Å². The predicted molar refractivity (Wildman–Crippen MR) is 75.0 cm³/mol. The highest BCUT2D eigenvalue weighted by atomic mass is 32.2. The van der Waals surface area contributed by atoms with Crippen molar-refractivity contribution in [2.75, 3.05) is 12.3 Å². The Labute approximate surface area is 125 Å². The number of nitrogens with one attached hydrogen (secondary N) is 1. The summed E-state index contributed by atoms with van der Waals surface area (Å²) in [6, 6.07) is 0. The highest BCUT2D eigenvalue weighted by Gasteiger charge is 2.23. The molecule has 2 aromatic rings. The molecule has 112 valence electrons. The van der Waals surface area contributed by atoms with E-state index in [0.29, 0.717) is 18.1 Å². The van der Waals surface area contributed by atoms with Crippen molar-refractivity contribution < 1.29 is 9.32 Å². The molecule has 1 aliphatic rings. The molecule has 0 saturated heterocycles. The number of amides is 1. The van der Waals surface area contributed by atoms with Gasteiger partial charge in [-0.05, 0) is 36.1 Å². The molecule has 1 aliphatic carbocycles. The molecular weight excluding hydrogens is 292 g/mol. The molecule has 8 nitrogen and oxygen atoms in total.